The number of ketones is 1. The van der Waals surface area contributed by atoms with E-state index in [4.69, 9.17) is 4.98 Å². The minimum absolute atomic E-state index is 0.0678. The first-order valence-corrected chi connectivity index (χ1v) is 10.0. The summed E-state index contributed by atoms with van der Waals surface area (Å²) >= 11 is 0. The van der Waals surface area contributed by atoms with Crippen LogP contribution in [0, 0.1) is 23.2 Å². The fourth-order valence-corrected chi connectivity index (χ4v) is 5.07. The second kappa shape index (κ2) is 6.46. The van der Waals surface area contributed by atoms with Crippen LogP contribution in [0.15, 0.2) is 42.0 Å². The molecule has 150 valence electrons. The lowest BCUT2D eigenvalue weighted by atomic mass is 9.58. The molecule has 3 aromatic rings. The van der Waals surface area contributed by atoms with E-state index in [1.165, 1.54) is 4.80 Å². The van der Waals surface area contributed by atoms with E-state index in [0.717, 1.165) is 35.6 Å². The normalized spacial score (nSPS) is 25.3. The number of tetrazole rings is 1. The van der Waals surface area contributed by atoms with Crippen LogP contribution >= 0.6 is 0 Å². The number of benzene rings is 1. The summed E-state index contributed by atoms with van der Waals surface area (Å²) in [5.41, 5.74) is 2.56. The molecule has 8 heteroatoms. The second-order valence-corrected chi connectivity index (χ2v) is 8.26. The number of rotatable bonds is 2. The monoisotopic (exact) mass is 399 g/mol. The summed E-state index contributed by atoms with van der Waals surface area (Å²) in [5, 5.41) is 22.2. The SMILES string of the molecule is C[C@@H]1C(=O)C(C#N)=C[C@]2(C)c3nc(-c4ccccc4)n(-c4nnn(C)n4)c3CC[C@@H]12. The lowest BCUT2D eigenvalue weighted by molar-refractivity contribution is -0.121. The van der Waals surface area contributed by atoms with Crippen molar-refractivity contribution in [1.82, 2.24) is 29.8 Å². The molecular weight excluding hydrogens is 378 g/mol. The highest BCUT2D eigenvalue weighted by Crippen LogP contribution is 2.50. The molecule has 2 heterocycles. The van der Waals surface area contributed by atoms with Gasteiger partial charge in [0.25, 0.3) is 5.95 Å². The molecule has 0 saturated carbocycles. The number of nitriles is 1. The van der Waals surface area contributed by atoms with Crippen molar-refractivity contribution in [3.63, 3.8) is 0 Å². The smallest absolute Gasteiger partial charge is 0.276 e. The molecule has 2 aliphatic carbocycles. The van der Waals surface area contributed by atoms with E-state index >= 15 is 0 Å². The second-order valence-electron chi connectivity index (χ2n) is 8.26. The maximum atomic E-state index is 12.6. The Kier molecular flexibility index (Phi) is 3.97. The summed E-state index contributed by atoms with van der Waals surface area (Å²) in [6.07, 6.45) is 3.40. The molecular formula is C22H21N7O. The molecule has 0 aliphatic heterocycles. The third-order valence-electron chi connectivity index (χ3n) is 6.52. The quantitative estimate of drug-likeness (QED) is 0.656. The zero-order chi connectivity index (χ0) is 21.0. The van der Waals surface area contributed by atoms with E-state index in [2.05, 4.69) is 28.4 Å². The standard InChI is InChI=1S/C22H21N7O/c1-13-16-9-10-17-19(22(16,2)11-15(12-23)18(13)30)24-20(14-7-5-4-6-8-14)29(17)21-25-27-28(3)26-21/h4-8,11,13,16H,9-10H2,1-3H3/t13-,16-,22-/m0/s1. The van der Waals surface area contributed by atoms with Crippen LogP contribution in [0.5, 0.6) is 0 Å². The highest BCUT2D eigenvalue weighted by molar-refractivity contribution is 6.02. The van der Waals surface area contributed by atoms with Crippen LogP contribution in [0.2, 0.25) is 0 Å². The molecule has 2 aliphatic rings. The number of aryl methyl sites for hydroxylation is 1. The van der Waals surface area contributed by atoms with Crippen molar-refractivity contribution >= 4 is 5.78 Å². The number of imidazole rings is 1. The van der Waals surface area contributed by atoms with Crippen molar-refractivity contribution in [3.8, 4) is 23.4 Å². The predicted octanol–water partition coefficient (Wildman–Crippen LogP) is 2.55. The molecule has 0 amide bonds. The maximum absolute atomic E-state index is 12.6. The Morgan fingerprint density at radius 2 is 2.03 bits per heavy atom. The Morgan fingerprint density at radius 1 is 1.27 bits per heavy atom. The van der Waals surface area contributed by atoms with Gasteiger partial charge >= 0.3 is 0 Å². The lowest BCUT2D eigenvalue weighted by Crippen LogP contribution is -2.45. The maximum Gasteiger partial charge on any atom is 0.276 e. The van der Waals surface area contributed by atoms with E-state index < -0.39 is 5.41 Å². The Bertz CT molecular complexity index is 1230. The number of aromatic nitrogens is 6. The first kappa shape index (κ1) is 18.4. The van der Waals surface area contributed by atoms with Gasteiger partial charge in [-0.05, 0) is 24.0 Å². The van der Waals surface area contributed by atoms with Gasteiger partial charge in [-0.15, -0.1) is 5.10 Å². The third kappa shape index (κ3) is 2.48. The van der Waals surface area contributed by atoms with Gasteiger partial charge in [0, 0.05) is 16.9 Å². The number of nitrogens with zero attached hydrogens (tertiary/aromatic N) is 7. The molecule has 0 unspecified atom stereocenters. The van der Waals surface area contributed by atoms with E-state index in [0.29, 0.717) is 5.95 Å². The van der Waals surface area contributed by atoms with Crippen molar-refractivity contribution < 1.29 is 4.79 Å². The fourth-order valence-electron chi connectivity index (χ4n) is 5.07. The van der Waals surface area contributed by atoms with Crippen LogP contribution < -0.4 is 0 Å². The molecule has 0 N–H and O–H groups in total. The average Bonchev–Trinajstić information content (AvgIpc) is 3.35. The summed E-state index contributed by atoms with van der Waals surface area (Å²) in [6, 6.07) is 12.0. The van der Waals surface area contributed by atoms with Gasteiger partial charge in [0.1, 0.15) is 11.9 Å². The van der Waals surface area contributed by atoms with E-state index in [-0.39, 0.29) is 23.2 Å². The molecule has 3 atom stereocenters. The Morgan fingerprint density at radius 3 is 2.70 bits per heavy atom. The van der Waals surface area contributed by atoms with Gasteiger partial charge in [0.15, 0.2) is 5.78 Å². The third-order valence-corrected chi connectivity index (χ3v) is 6.52. The molecule has 5 rings (SSSR count). The van der Waals surface area contributed by atoms with Gasteiger partial charge in [0.2, 0.25) is 0 Å². The van der Waals surface area contributed by atoms with Crippen LogP contribution in [-0.2, 0) is 23.7 Å². The Hall–Kier alpha value is -3.60. The topological polar surface area (TPSA) is 102 Å². The first-order valence-electron chi connectivity index (χ1n) is 10.0. The highest BCUT2D eigenvalue weighted by atomic mass is 16.1. The number of Topliss-reactive ketones (excluding diaryl/α,β-unsaturated/α-hetero) is 1. The van der Waals surface area contributed by atoms with Crippen molar-refractivity contribution in [1.29, 1.82) is 5.26 Å². The van der Waals surface area contributed by atoms with Crippen molar-refractivity contribution in [2.75, 3.05) is 0 Å². The van der Waals surface area contributed by atoms with Crippen molar-refractivity contribution in [2.24, 2.45) is 18.9 Å². The summed E-state index contributed by atoms with van der Waals surface area (Å²) in [7, 11) is 1.73. The van der Waals surface area contributed by atoms with E-state index in [1.54, 1.807) is 7.05 Å². The first-order chi connectivity index (χ1) is 14.4. The lowest BCUT2D eigenvalue weighted by Gasteiger charge is -2.44. The van der Waals surface area contributed by atoms with Gasteiger partial charge in [-0.1, -0.05) is 55.4 Å². The fraction of sp³-hybridized carbons (Fsp3) is 0.364. The van der Waals surface area contributed by atoms with Crippen molar-refractivity contribution in [2.45, 2.75) is 32.1 Å². The molecule has 1 aromatic carbocycles. The molecule has 0 saturated heterocycles. The van der Waals surface area contributed by atoms with Gasteiger partial charge in [-0.3, -0.25) is 9.36 Å². The zero-order valence-electron chi connectivity index (χ0n) is 17.1. The Labute approximate surface area is 173 Å². The Balaban J connectivity index is 1.80. The zero-order valence-corrected chi connectivity index (χ0v) is 17.1. The minimum atomic E-state index is -0.511. The molecule has 8 nitrogen and oxygen atoms in total. The van der Waals surface area contributed by atoms with Crippen LogP contribution in [0.25, 0.3) is 17.3 Å². The number of hydrogen-bond acceptors (Lipinski definition) is 6. The van der Waals surface area contributed by atoms with Gasteiger partial charge in [-0.2, -0.15) is 10.1 Å². The summed E-state index contributed by atoms with van der Waals surface area (Å²) < 4.78 is 1.97. The van der Waals surface area contributed by atoms with E-state index in [1.807, 2.05) is 47.9 Å². The van der Waals surface area contributed by atoms with Crippen molar-refractivity contribution in [3.05, 3.63) is 53.4 Å². The van der Waals surface area contributed by atoms with Crippen LogP contribution in [-0.4, -0.2) is 35.5 Å². The average molecular weight is 399 g/mol. The largest absolute Gasteiger partial charge is 0.293 e. The van der Waals surface area contributed by atoms with Crippen LogP contribution in [0.4, 0.5) is 0 Å². The van der Waals surface area contributed by atoms with E-state index in [9.17, 15) is 10.1 Å². The summed E-state index contributed by atoms with van der Waals surface area (Å²) in [6.45, 7) is 4.02. The summed E-state index contributed by atoms with van der Waals surface area (Å²) in [4.78, 5) is 19.1. The highest BCUT2D eigenvalue weighted by Gasteiger charge is 2.50. The molecule has 30 heavy (non-hydrogen) atoms. The number of carbonyl (C=O) groups excluding carboxylic acids is 1. The van der Waals surface area contributed by atoms with Crippen LogP contribution in [0.3, 0.4) is 0 Å². The predicted molar refractivity (Wildman–Crippen MR) is 108 cm³/mol. The molecule has 0 bridgehead atoms. The number of carbonyl (C=O) groups is 1. The van der Waals surface area contributed by atoms with Gasteiger partial charge < -0.3 is 0 Å². The molecule has 0 spiro atoms. The van der Waals surface area contributed by atoms with Gasteiger partial charge in [-0.25, -0.2) is 4.98 Å². The number of fused-ring (bicyclic) bond motifs is 3. The van der Waals surface area contributed by atoms with Crippen LogP contribution in [0.1, 0.15) is 31.7 Å². The van der Waals surface area contributed by atoms with Gasteiger partial charge in [0.05, 0.1) is 24.0 Å². The molecule has 0 fully saturated rings. The summed E-state index contributed by atoms with van der Waals surface area (Å²) in [5.74, 6) is 1.02. The number of hydrogen-bond donors (Lipinski definition) is 0. The molecule has 0 radical (unpaired) electrons. The number of allylic oxidation sites excluding steroid dienone is 2. The minimum Gasteiger partial charge on any atom is -0.293 e. The molecule has 2 aromatic heterocycles.